The van der Waals surface area contributed by atoms with Crippen LogP contribution in [0.15, 0.2) is 30.3 Å². The number of nitrogens with one attached hydrogen (secondary N) is 1. The van der Waals surface area contributed by atoms with Crippen LogP contribution in [0.2, 0.25) is 0 Å². The zero-order chi connectivity index (χ0) is 16.7. The number of carbonyl (C=O) groups excluding carboxylic acids is 2. The summed E-state index contributed by atoms with van der Waals surface area (Å²) in [5.41, 5.74) is 6.53. The molecule has 0 aromatic heterocycles. The Balaban J connectivity index is 1.69. The van der Waals surface area contributed by atoms with E-state index in [4.69, 9.17) is 5.73 Å². The van der Waals surface area contributed by atoms with Gasteiger partial charge in [-0.15, -0.1) is 0 Å². The molecule has 126 valence electrons. The monoisotopic (exact) mass is 317 g/mol. The van der Waals surface area contributed by atoms with Gasteiger partial charge in [0.05, 0.1) is 0 Å². The van der Waals surface area contributed by atoms with E-state index >= 15 is 0 Å². The van der Waals surface area contributed by atoms with Gasteiger partial charge in [0.1, 0.15) is 0 Å². The highest BCUT2D eigenvalue weighted by atomic mass is 16.2. The number of rotatable bonds is 6. The summed E-state index contributed by atoms with van der Waals surface area (Å²) in [6.07, 6.45) is 4.03. The van der Waals surface area contributed by atoms with Crippen LogP contribution >= 0.6 is 0 Å². The zero-order valence-corrected chi connectivity index (χ0v) is 13.8. The minimum Gasteiger partial charge on any atom is -0.370 e. The maximum atomic E-state index is 12.3. The Kier molecular flexibility index (Phi) is 6.44. The van der Waals surface area contributed by atoms with Crippen molar-refractivity contribution in [1.29, 1.82) is 0 Å². The third-order valence-electron chi connectivity index (χ3n) is 4.47. The number of hydrogen-bond donors (Lipinski definition) is 2. The van der Waals surface area contributed by atoms with Gasteiger partial charge in [0, 0.05) is 25.6 Å². The van der Waals surface area contributed by atoms with Gasteiger partial charge in [0.15, 0.2) is 0 Å². The molecule has 1 aromatic carbocycles. The normalized spacial score (nSPS) is 16.8. The minimum absolute atomic E-state index is 0.00286. The second-order valence-corrected chi connectivity index (χ2v) is 6.48. The molecular formula is C18H27N3O2. The fourth-order valence-corrected chi connectivity index (χ4v) is 3.03. The van der Waals surface area contributed by atoms with Crippen molar-refractivity contribution in [3.8, 4) is 0 Å². The molecule has 0 unspecified atom stereocenters. The molecule has 1 atom stereocenters. The van der Waals surface area contributed by atoms with Gasteiger partial charge in [-0.1, -0.05) is 30.3 Å². The van der Waals surface area contributed by atoms with E-state index in [0.29, 0.717) is 25.4 Å². The first-order chi connectivity index (χ1) is 11.0. The van der Waals surface area contributed by atoms with Crippen LogP contribution in [0.5, 0.6) is 0 Å². The average molecular weight is 317 g/mol. The highest BCUT2D eigenvalue weighted by Gasteiger charge is 2.24. The van der Waals surface area contributed by atoms with Crippen LogP contribution in [-0.4, -0.2) is 36.0 Å². The van der Waals surface area contributed by atoms with E-state index in [1.54, 1.807) is 0 Å². The molecule has 0 aliphatic carbocycles. The van der Waals surface area contributed by atoms with Crippen LogP contribution < -0.4 is 11.1 Å². The molecule has 0 radical (unpaired) electrons. The molecule has 0 saturated carbocycles. The number of nitrogens with two attached hydrogens (primary N) is 1. The second kappa shape index (κ2) is 8.56. The van der Waals surface area contributed by atoms with E-state index < -0.39 is 0 Å². The zero-order valence-electron chi connectivity index (χ0n) is 13.8. The summed E-state index contributed by atoms with van der Waals surface area (Å²) in [5.74, 6) is 0.0782. The van der Waals surface area contributed by atoms with E-state index in [-0.39, 0.29) is 18.0 Å². The summed E-state index contributed by atoms with van der Waals surface area (Å²) in [5, 5.41) is 3.07. The maximum absolute atomic E-state index is 12.3. The molecule has 0 bridgehead atoms. The highest BCUT2D eigenvalue weighted by Crippen LogP contribution is 2.20. The van der Waals surface area contributed by atoms with Crippen molar-refractivity contribution in [3.63, 3.8) is 0 Å². The molecule has 1 aliphatic heterocycles. The number of carbonyl (C=O) groups is 2. The van der Waals surface area contributed by atoms with Crippen molar-refractivity contribution in [1.82, 2.24) is 10.2 Å². The van der Waals surface area contributed by atoms with Gasteiger partial charge in [-0.2, -0.15) is 0 Å². The highest BCUT2D eigenvalue weighted by molar-refractivity contribution is 5.75. The lowest BCUT2D eigenvalue weighted by Gasteiger charge is -2.32. The second-order valence-electron chi connectivity index (χ2n) is 6.48. The molecule has 5 heteroatoms. The Hall–Kier alpha value is -2.04. The molecule has 0 spiro atoms. The Morgan fingerprint density at radius 3 is 2.52 bits per heavy atom. The van der Waals surface area contributed by atoms with Crippen LogP contribution in [0.25, 0.3) is 0 Å². The molecule has 3 N–H and O–H groups in total. The van der Waals surface area contributed by atoms with Crippen LogP contribution in [0.4, 0.5) is 4.79 Å². The Morgan fingerprint density at radius 2 is 1.91 bits per heavy atom. The van der Waals surface area contributed by atoms with Crippen molar-refractivity contribution in [3.05, 3.63) is 35.9 Å². The summed E-state index contributed by atoms with van der Waals surface area (Å²) >= 11 is 0. The summed E-state index contributed by atoms with van der Waals surface area (Å²) in [7, 11) is 0. The molecule has 1 saturated heterocycles. The number of aryl methyl sites for hydroxylation is 1. The minimum atomic E-state index is -0.248. The molecule has 23 heavy (non-hydrogen) atoms. The number of hydrogen-bond acceptors (Lipinski definition) is 2. The van der Waals surface area contributed by atoms with Crippen LogP contribution in [0, 0.1) is 5.92 Å². The smallest absolute Gasteiger partial charge is 0.317 e. The van der Waals surface area contributed by atoms with Crippen molar-refractivity contribution in [2.24, 2.45) is 11.7 Å². The van der Waals surface area contributed by atoms with E-state index in [1.165, 1.54) is 5.56 Å². The van der Waals surface area contributed by atoms with Crippen molar-refractivity contribution < 1.29 is 9.59 Å². The SMILES string of the molecule is C[C@@H](CCc1ccccc1)NC(=O)N1CCC(CC(N)=O)CC1. The number of primary amides is 1. The molecule has 1 fully saturated rings. The number of benzene rings is 1. The van der Waals surface area contributed by atoms with Gasteiger partial charge in [0.25, 0.3) is 0 Å². The number of likely N-dealkylation sites (tertiary alicyclic amines) is 1. The molecular weight excluding hydrogens is 290 g/mol. The molecule has 5 nitrogen and oxygen atoms in total. The van der Waals surface area contributed by atoms with E-state index in [2.05, 4.69) is 17.4 Å². The third-order valence-corrected chi connectivity index (χ3v) is 4.47. The number of urea groups is 1. The van der Waals surface area contributed by atoms with Crippen LogP contribution in [0.1, 0.15) is 38.2 Å². The Bertz CT molecular complexity index is 510. The Labute approximate surface area is 138 Å². The lowest BCUT2D eigenvalue weighted by molar-refractivity contribution is -0.119. The molecule has 1 aromatic rings. The molecule has 3 amide bonds. The van der Waals surface area contributed by atoms with E-state index in [9.17, 15) is 9.59 Å². The predicted octanol–water partition coefficient (Wildman–Crippen LogP) is 2.30. The van der Waals surface area contributed by atoms with E-state index in [0.717, 1.165) is 25.7 Å². The third kappa shape index (κ3) is 5.93. The Morgan fingerprint density at radius 1 is 1.26 bits per heavy atom. The van der Waals surface area contributed by atoms with Gasteiger partial charge in [0.2, 0.25) is 5.91 Å². The largest absolute Gasteiger partial charge is 0.370 e. The predicted molar refractivity (Wildman–Crippen MR) is 90.9 cm³/mol. The van der Waals surface area contributed by atoms with Crippen molar-refractivity contribution in [2.75, 3.05) is 13.1 Å². The summed E-state index contributed by atoms with van der Waals surface area (Å²) in [6.45, 7) is 3.45. The summed E-state index contributed by atoms with van der Waals surface area (Å²) in [6, 6.07) is 10.4. The molecule has 1 aliphatic rings. The van der Waals surface area contributed by atoms with Crippen LogP contribution in [-0.2, 0) is 11.2 Å². The number of amides is 3. The summed E-state index contributed by atoms with van der Waals surface area (Å²) < 4.78 is 0. The molecule has 2 rings (SSSR count). The standard InChI is InChI=1S/C18H27N3O2/c1-14(7-8-15-5-3-2-4-6-15)20-18(23)21-11-9-16(10-12-21)13-17(19)22/h2-6,14,16H,7-13H2,1H3,(H2,19,22)(H,20,23)/t14-/m0/s1. The van der Waals surface area contributed by atoms with Gasteiger partial charge >= 0.3 is 6.03 Å². The van der Waals surface area contributed by atoms with Gasteiger partial charge in [-0.05, 0) is 44.1 Å². The number of nitrogens with zero attached hydrogens (tertiary/aromatic N) is 1. The fraction of sp³-hybridized carbons (Fsp3) is 0.556. The fourth-order valence-electron chi connectivity index (χ4n) is 3.03. The lowest BCUT2D eigenvalue weighted by atomic mass is 9.93. The van der Waals surface area contributed by atoms with Crippen molar-refractivity contribution >= 4 is 11.9 Å². The first-order valence-corrected chi connectivity index (χ1v) is 8.42. The quantitative estimate of drug-likeness (QED) is 0.845. The summed E-state index contributed by atoms with van der Waals surface area (Å²) in [4.78, 5) is 25.1. The van der Waals surface area contributed by atoms with Gasteiger partial charge < -0.3 is 16.0 Å². The van der Waals surface area contributed by atoms with E-state index in [1.807, 2.05) is 30.0 Å². The average Bonchev–Trinajstić information content (AvgIpc) is 2.54. The number of piperidine rings is 1. The topological polar surface area (TPSA) is 75.4 Å². The van der Waals surface area contributed by atoms with Gasteiger partial charge in [-0.3, -0.25) is 4.79 Å². The van der Waals surface area contributed by atoms with Crippen LogP contribution in [0.3, 0.4) is 0 Å². The van der Waals surface area contributed by atoms with Crippen molar-refractivity contribution in [2.45, 2.75) is 45.1 Å². The van der Waals surface area contributed by atoms with Gasteiger partial charge in [-0.25, -0.2) is 4.79 Å². The lowest BCUT2D eigenvalue weighted by Crippen LogP contribution is -2.47. The maximum Gasteiger partial charge on any atom is 0.317 e. The first kappa shape index (κ1) is 17.3. The molecule has 1 heterocycles. The first-order valence-electron chi connectivity index (χ1n) is 8.42.